The second-order valence-corrected chi connectivity index (χ2v) is 4.63. The summed E-state index contributed by atoms with van der Waals surface area (Å²) in [6.45, 7) is 2.95. The summed E-state index contributed by atoms with van der Waals surface area (Å²) in [5.74, 6) is 0.151. The summed E-state index contributed by atoms with van der Waals surface area (Å²) in [6.07, 6.45) is 3.53. The lowest BCUT2D eigenvalue weighted by Crippen LogP contribution is -2.32. The summed E-state index contributed by atoms with van der Waals surface area (Å²) < 4.78 is 5.31. The van der Waals surface area contributed by atoms with E-state index in [1.165, 1.54) is 0 Å². The van der Waals surface area contributed by atoms with Crippen LogP contribution in [0, 0.1) is 5.41 Å². The van der Waals surface area contributed by atoms with Crippen molar-refractivity contribution in [1.82, 2.24) is 10.3 Å². The second kappa shape index (κ2) is 5.35. The first-order valence-corrected chi connectivity index (χ1v) is 6.18. The lowest BCUT2D eigenvalue weighted by atomic mass is 10.1. The minimum atomic E-state index is -0.203. The van der Waals surface area contributed by atoms with Gasteiger partial charge in [-0.2, -0.15) is 0 Å². The molecule has 0 unspecified atom stereocenters. The molecule has 2 rings (SSSR count). The van der Waals surface area contributed by atoms with Crippen LogP contribution in [0.5, 0.6) is 5.88 Å². The number of aliphatic hydroxyl groups excluding tert-OH is 1. The van der Waals surface area contributed by atoms with Crippen molar-refractivity contribution < 1.29 is 14.6 Å². The van der Waals surface area contributed by atoms with Crippen molar-refractivity contribution in [1.29, 1.82) is 0 Å². The summed E-state index contributed by atoms with van der Waals surface area (Å²) in [4.78, 5) is 16.1. The molecule has 1 saturated carbocycles. The molecule has 5 nitrogen and oxygen atoms in total. The van der Waals surface area contributed by atoms with Crippen molar-refractivity contribution in [2.24, 2.45) is 5.41 Å². The number of pyridine rings is 1. The van der Waals surface area contributed by atoms with Gasteiger partial charge in [0, 0.05) is 18.2 Å². The van der Waals surface area contributed by atoms with E-state index in [0.29, 0.717) is 24.6 Å². The van der Waals surface area contributed by atoms with Gasteiger partial charge in [-0.3, -0.25) is 4.79 Å². The van der Waals surface area contributed by atoms with Gasteiger partial charge in [-0.25, -0.2) is 4.98 Å². The molecule has 0 atom stereocenters. The highest BCUT2D eigenvalue weighted by molar-refractivity contribution is 5.96. The standard InChI is InChI=1S/C13H18N2O3/c1-2-18-12-10(4-3-7-14-12)11(17)15-8-13(9-16)5-6-13/h3-4,7,16H,2,5-6,8-9H2,1H3,(H,15,17). The first-order chi connectivity index (χ1) is 8.71. The fourth-order valence-electron chi connectivity index (χ4n) is 1.75. The van der Waals surface area contributed by atoms with Crippen LogP contribution >= 0.6 is 0 Å². The molecular formula is C13H18N2O3. The normalized spacial score (nSPS) is 16.1. The first kappa shape index (κ1) is 12.8. The number of carbonyl (C=O) groups is 1. The van der Waals surface area contributed by atoms with Gasteiger partial charge in [-0.05, 0) is 31.9 Å². The predicted molar refractivity (Wildman–Crippen MR) is 66.5 cm³/mol. The molecule has 18 heavy (non-hydrogen) atoms. The minimum absolute atomic E-state index is 0.0936. The Bertz CT molecular complexity index is 430. The molecule has 1 aliphatic rings. The number of carbonyl (C=O) groups excluding carboxylic acids is 1. The van der Waals surface area contributed by atoms with Crippen LogP contribution in [-0.2, 0) is 0 Å². The molecule has 1 fully saturated rings. The average Bonchev–Trinajstić information content (AvgIpc) is 3.18. The van der Waals surface area contributed by atoms with Gasteiger partial charge in [0.15, 0.2) is 0 Å². The second-order valence-electron chi connectivity index (χ2n) is 4.63. The molecule has 2 N–H and O–H groups in total. The summed E-state index contributed by atoms with van der Waals surface area (Å²) in [5.41, 5.74) is 0.344. The predicted octanol–water partition coefficient (Wildman–Crippen LogP) is 0.983. The maximum absolute atomic E-state index is 12.0. The number of hydrogen-bond acceptors (Lipinski definition) is 4. The number of nitrogens with zero attached hydrogens (tertiary/aromatic N) is 1. The molecule has 5 heteroatoms. The van der Waals surface area contributed by atoms with Gasteiger partial charge in [0.1, 0.15) is 5.56 Å². The highest BCUT2D eigenvalue weighted by Crippen LogP contribution is 2.44. The van der Waals surface area contributed by atoms with E-state index in [9.17, 15) is 9.90 Å². The lowest BCUT2D eigenvalue weighted by Gasteiger charge is -2.13. The summed E-state index contributed by atoms with van der Waals surface area (Å²) in [5, 5.41) is 12.0. The largest absolute Gasteiger partial charge is 0.477 e. The van der Waals surface area contributed by atoms with E-state index in [0.717, 1.165) is 12.8 Å². The van der Waals surface area contributed by atoms with Gasteiger partial charge >= 0.3 is 0 Å². The summed E-state index contributed by atoms with van der Waals surface area (Å²) in [7, 11) is 0. The number of aromatic nitrogens is 1. The smallest absolute Gasteiger partial charge is 0.256 e. The van der Waals surface area contributed by atoms with Crippen molar-refractivity contribution in [2.45, 2.75) is 19.8 Å². The zero-order valence-electron chi connectivity index (χ0n) is 10.5. The number of amides is 1. The quantitative estimate of drug-likeness (QED) is 0.789. The van der Waals surface area contributed by atoms with Crippen LogP contribution in [0.4, 0.5) is 0 Å². The Balaban J connectivity index is 2.00. The Hall–Kier alpha value is -1.62. The molecule has 1 aliphatic carbocycles. The Morgan fingerprint density at radius 1 is 1.61 bits per heavy atom. The number of aliphatic hydroxyl groups is 1. The molecular weight excluding hydrogens is 232 g/mol. The van der Waals surface area contributed by atoms with Crippen molar-refractivity contribution in [2.75, 3.05) is 19.8 Å². The van der Waals surface area contributed by atoms with Crippen LogP contribution in [0.2, 0.25) is 0 Å². The fourth-order valence-corrected chi connectivity index (χ4v) is 1.75. The third-order valence-electron chi connectivity index (χ3n) is 3.21. The lowest BCUT2D eigenvalue weighted by molar-refractivity contribution is 0.0930. The summed E-state index contributed by atoms with van der Waals surface area (Å²) in [6, 6.07) is 3.39. The molecule has 0 aromatic carbocycles. The first-order valence-electron chi connectivity index (χ1n) is 6.18. The molecule has 0 aliphatic heterocycles. The Kier molecular flexibility index (Phi) is 3.81. The monoisotopic (exact) mass is 250 g/mol. The third kappa shape index (κ3) is 2.79. The van der Waals surface area contributed by atoms with Gasteiger partial charge in [0.2, 0.25) is 5.88 Å². The highest BCUT2D eigenvalue weighted by atomic mass is 16.5. The van der Waals surface area contributed by atoms with Crippen molar-refractivity contribution in [3.8, 4) is 5.88 Å². The van der Waals surface area contributed by atoms with Gasteiger partial charge < -0.3 is 15.2 Å². The minimum Gasteiger partial charge on any atom is -0.477 e. The Labute approximate surface area is 106 Å². The van der Waals surface area contributed by atoms with Crippen LogP contribution in [0.25, 0.3) is 0 Å². The Morgan fingerprint density at radius 2 is 2.39 bits per heavy atom. The fraction of sp³-hybridized carbons (Fsp3) is 0.538. The van der Waals surface area contributed by atoms with Crippen molar-refractivity contribution in [3.63, 3.8) is 0 Å². The van der Waals surface area contributed by atoms with Crippen molar-refractivity contribution in [3.05, 3.63) is 23.9 Å². The third-order valence-corrected chi connectivity index (χ3v) is 3.21. The van der Waals surface area contributed by atoms with Crippen LogP contribution in [0.1, 0.15) is 30.1 Å². The maximum atomic E-state index is 12.0. The van der Waals surface area contributed by atoms with Crippen LogP contribution < -0.4 is 10.1 Å². The SMILES string of the molecule is CCOc1ncccc1C(=O)NCC1(CO)CC1. The topological polar surface area (TPSA) is 71.5 Å². The van der Waals surface area contributed by atoms with E-state index in [1.807, 2.05) is 6.92 Å². The molecule has 0 bridgehead atoms. The van der Waals surface area contributed by atoms with Crippen molar-refractivity contribution >= 4 is 5.91 Å². The summed E-state index contributed by atoms with van der Waals surface area (Å²) >= 11 is 0. The number of ether oxygens (including phenoxy) is 1. The maximum Gasteiger partial charge on any atom is 0.256 e. The zero-order chi connectivity index (χ0) is 13.0. The average molecular weight is 250 g/mol. The number of hydrogen-bond donors (Lipinski definition) is 2. The van der Waals surface area contributed by atoms with E-state index in [1.54, 1.807) is 18.3 Å². The van der Waals surface area contributed by atoms with Gasteiger partial charge in [-0.1, -0.05) is 0 Å². The molecule has 1 aromatic heterocycles. The molecule has 0 spiro atoms. The van der Waals surface area contributed by atoms with E-state index in [2.05, 4.69) is 10.3 Å². The highest BCUT2D eigenvalue weighted by Gasteiger charge is 2.42. The van der Waals surface area contributed by atoms with Crippen LogP contribution in [0.3, 0.4) is 0 Å². The van der Waals surface area contributed by atoms with Crippen LogP contribution in [-0.4, -0.2) is 35.8 Å². The van der Waals surface area contributed by atoms with E-state index >= 15 is 0 Å². The van der Waals surface area contributed by atoms with Gasteiger partial charge in [0.05, 0.1) is 13.2 Å². The van der Waals surface area contributed by atoms with Gasteiger partial charge in [-0.15, -0.1) is 0 Å². The number of nitrogens with one attached hydrogen (secondary N) is 1. The molecule has 1 amide bonds. The molecule has 1 heterocycles. The number of rotatable bonds is 6. The van der Waals surface area contributed by atoms with Gasteiger partial charge in [0.25, 0.3) is 5.91 Å². The molecule has 0 saturated heterocycles. The zero-order valence-corrected chi connectivity index (χ0v) is 10.5. The van der Waals surface area contributed by atoms with Crippen LogP contribution in [0.15, 0.2) is 18.3 Å². The molecule has 1 aromatic rings. The van der Waals surface area contributed by atoms with E-state index in [4.69, 9.17) is 4.74 Å². The molecule has 98 valence electrons. The van der Waals surface area contributed by atoms with E-state index in [-0.39, 0.29) is 17.9 Å². The molecule has 0 radical (unpaired) electrons. The van der Waals surface area contributed by atoms with E-state index < -0.39 is 0 Å². The Morgan fingerprint density at radius 3 is 3.00 bits per heavy atom.